The third kappa shape index (κ3) is 3.52. The number of carbonyl (C=O) groups is 1. The lowest BCUT2D eigenvalue weighted by atomic mass is 10.1. The minimum atomic E-state index is -0.0560. The van der Waals surface area contributed by atoms with Gasteiger partial charge in [0.2, 0.25) is 5.91 Å². The van der Waals surface area contributed by atoms with Crippen LogP contribution >= 0.6 is 15.9 Å². The smallest absolute Gasteiger partial charge is 0.249 e. The van der Waals surface area contributed by atoms with Crippen LogP contribution in [-0.4, -0.2) is 24.0 Å². The topological polar surface area (TPSA) is 29.5 Å². The number of nitrogens with zero attached hydrogens (tertiary/aromatic N) is 1. The van der Waals surface area contributed by atoms with E-state index in [0.29, 0.717) is 13.1 Å². The SMILES string of the molecule is O=C1CO[C@H](c2ccc(Br)cc2)CN1Cc1ccccc1. The first-order valence-corrected chi connectivity index (χ1v) is 7.70. The molecule has 21 heavy (non-hydrogen) atoms. The number of carbonyl (C=O) groups excluding carboxylic acids is 1. The van der Waals surface area contributed by atoms with Crippen molar-refractivity contribution >= 4 is 21.8 Å². The van der Waals surface area contributed by atoms with E-state index in [9.17, 15) is 4.79 Å². The van der Waals surface area contributed by atoms with Crippen molar-refractivity contribution in [1.82, 2.24) is 4.90 Å². The van der Waals surface area contributed by atoms with Crippen molar-refractivity contribution in [3.05, 3.63) is 70.2 Å². The third-order valence-electron chi connectivity index (χ3n) is 3.60. The predicted molar refractivity (Wildman–Crippen MR) is 84.7 cm³/mol. The average Bonchev–Trinajstić information content (AvgIpc) is 2.51. The molecule has 1 aliphatic heterocycles. The summed E-state index contributed by atoms with van der Waals surface area (Å²) in [6.07, 6.45) is -0.0560. The van der Waals surface area contributed by atoms with Crippen LogP contribution in [0, 0.1) is 0 Å². The molecular formula is C17H16BrNO2. The van der Waals surface area contributed by atoms with Crippen molar-refractivity contribution in [2.45, 2.75) is 12.6 Å². The first-order chi connectivity index (χ1) is 10.2. The molecule has 0 spiro atoms. The Hall–Kier alpha value is -1.65. The van der Waals surface area contributed by atoms with Gasteiger partial charge in [-0.3, -0.25) is 4.79 Å². The van der Waals surface area contributed by atoms with Gasteiger partial charge < -0.3 is 9.64 Å². The van der Waals surface area contributed by atoms with E-state index < -0.39 is 0 Å². The second-order valence-corrected chi connectivity index (χ2v) is 6.03. The lowest BCUT2D eigenvalue weighted by Gasteiger charge is -2.33. The summed E-state index contributed by atoms with van der Waals surface area (Å²) in [5.41, 5.74) is 2.24. The van der Waals surface area contributed by atoms with Gasteiger partial charge in [-0.05, 0) is 23.3 Å². The summed E-state index contributed by atoms with van der Waals surface area (Å²) in [6.45, 7) is 1.37. The largest absolute Gasteiger partial charge is 0.362 e. The van der Waals surface area contributed by atoms with Crippen molar-refractivity contribution in [3.63, 3.8) is 0 Å². The molecule has 1 atom stereocenters. The van der Waals surface area contributed by atoms with Crippen molar-refractivity contribution in [3.8, 4) is 0 Å². The molecule has 1 fully saturated rings. The molecule has 1 amide bonds. The molecule has 3 rings (SSSR count). The number of benzene rings is 2. The number of amides is 1. The van der Waals surface area contributed by atoms with Crippen LogP contribution in [0.15, 0.2) is 59.1 Å². The van der Waals surface area contributed by atoms with Crippen LogP contribution in [0.3, 0.4) is 0 Å². The summed E-state index contributed by atoms with van der Waals surface area (Å²) in [4.78, 5) is 13.9. The Bertz CT molecular complexity index is 612. The lowest BCUT2D eigenvalue weighted by Crippen LogP contribution is -2.42. The highest BCUT2D eigenvalue weighted by atomic mass is 79.9. The molecule has 1 saturated heterocycles. The monoisotopic (exact) mass is 345 g/mol. The normalized spacial score (nSPS) is 18.8. The first kappa shape index (κ1) is 14.3. The van der Waals surface area contributed by atoms with Crippen LogP contribution in [0.25, 0.3) is 0 Å². The first-order valence-electron chi connectivity index (χ1n) is 6.91. The van der Waals surface area contributed by atoms with Gasteiger partial charge in [0.25, 0.3) is 0 Å². The molecule has 1 heterocycles. The second-order valence-electron chi connectivity index (χ2n) is 5.11. The average molecular weight is 346 g/mol. The van der Waals surface area contributed by atoms with Crippen molar-refractivity contribution in [2.75, 3.05) is 13.2 Å². The number of halogens is 1. The summed E-state index contributed by atoms with van der Waals surface area (Å²) in [7, 11) is 0. The van der Waals surface area contributed by atoms with Crippen LogP contribution < -0.4 is 0 Å². The molecule has 0 bridgehead atoms. The zero-order chi connectivity index (χ0) is 14.7. The van der Waals surface area contributed by atoms with Gasteiger partial charge in [-0.25, -0.2) is 0 Å². The van der Waals surface area contributed by atoms with E-state index in [-0.39, 0.29) is 18.6 Å². The summed E-state index contributed by atoms with van der Waals surface area (Å²) in [6, 6.07) is 18.1. The van der Waals surface area contributed by atoms with E-state index >= 15 is 0 Å². The molecule has 0 saturated carbocycles. The van der Waals surface area contributed by atoms with E-state index in [0.717, 1.165) is 15.6 Å². The van der Waals surface area contributed by atoms with Crippen molar-refractivity contribution in [2.24, 2.45) is 0 Å². The molecule has 3 nitrogen and oxygen atoms in total. The van der Waals surface area contributed by atoms with Gasteiger partial charge in [0.05, 0.1) is 6.54 Å². The Balaban J connectivity index is 1.72. The predicted octanol–water partition coefficient (Wildman–Crippen LogP) is 3.55. The van der Waals surface area contributed by atoms with Crippen LogP contribution in [0.1, 0.15) is 17.2 Å². The number of hydrogen-bond acceptors (Lipinski definition) is 2. The van der Waals surface area contributed by atoms with Gasteiger partial charge in [-0.15, -0.1) is 0 Å². The Kier molecular flexibility index (Phi) is 4.36. The van der Waals surface area contributed by atoms with E-state index in [2.05, 4.69) is 15.9 Å². The zero-order valence-corrected chi connectivity index (χ0v) is 13.1. The second kappa shape index (κ2) is 6.41. The van der Waals surface area contributed by atoms with Gasteiger partial charge in [-0.2, -0.15) is 0 Å². The van der Waals surface area contributed by atoms with Gasteiger partial charge in [0.15, 0.2) is 0 Å². The molecule has 0 aliphatic carbocycles. The maximum Gasteiger partial charge on any atom is 0.249 e. The molecule has 0 unspecified atom stereocenters. The van der Waals surface area contributed by atoms with Gasteiger partial charge in [-0.1, -0.05) is 58.4 Å². The highest BCUT2D eigenvalue weighted by Gasteiger charge is 2.27. The van der Waals surface area contributed by atoms with Crippen LogP contribution in [0.5, 0.6) is 0 Å². The Morgan fingerprint density at radius 1 is 1.10 bits per heavy atom. The van der Waals surface area contributed by atoms with Gasteiger partial charge in [0, 0.05) is 11.0 Å². The summed E-state index contributed by atoms with van der Waals surface area (Å²) < 4.78 is 6.72. The van der Waals surface area contributed by atoms with Crippen molar-refractivity contribution in [1.29, 1.82) is 0 Å². The minimum Gasteiger partial charge on any atom is -0.362 e. The highest BCUT2D eigenvalue weighted by Crippen LogP contribution is 2.25. The number of rotatable bonds is 3. The van der Waals surface area contributed by atoms with E-state index in [4.69, 9.17) is 4.74 Å². The maximum absolute atomic E-state index is 12.0. The number of morpholine rings is 1. The van der Waals surface area contributed by atoms with E-state index in [1.165, 1.54) is 0 Å². The molecule has 108 valence electrons. The highest BCUT2D eigenvalue weighted by molar-refractivity contribution is 9.10. The summed E-state index contributed by atoms with van der Waals surface area (Å²) in [5.74, 6) is 0.0483. The van der Waals surface area contributed by atoms with Crippen LogP contribution in [0.2, 0.25) is 0 Å². The third-order valence-corrected chi connectivity index (χ3v) is 4.13. The van der Waals surface area contributed by atoms with Crippen LogP contribution in [0.4, 0.5) is 0 Å². The minimum absolute atomic E-state index is 0.0483. The molecule has 4 heteroatoms. The fraction of sp³-hybridized carbons (Fsp3) is 0.235. The van der Waals surface area contributed by atoms with Crippen LogP contribution in [-0.2, 0) is 16.1 Å². The standard InChI is InChI=1S/C17H16BrNO2/c18-15-8-6-14(7-9-15)16-11-19(17(20)12-21-16)10-13-4-2-1-3-5-13/h1-9,16H,10-12H2/t16-/m0/s1. The molecule has 1 aliphatic rings. The molecule has 2 aromatic rings. The molecular weight excluding hydrogens is 330 g/mol. The number of ether oxygens (including phenoxy) is 1. The Labute approximate surface area is 132 Å². The molecule has 2 aromatic carbocycles. The van der Waals surface area contributed by atoms with Gasteiger partial charge >= 0.3 is 0 Å². The summed E-state index contributed by atoms with van der Waals surface area (Å²) >= 11 is 3.43. The Morgan fingerprint density at radius 2 is 1.81 bits per heavy atom. The van der Waals surface area contributed by atoms with E-state index in [1.54, 1.807) is 0 Å². The molecule has 0 N–H and O–H groups in total. The maximum atomic E-state index is 12.0. The summed E-state index contributed by atoms with van der Waals surface area (Å²) in [5, 5.41) is 0. The zero-order valence-electron chi connectivity index (χ0n) is 11.5. The quantitative estimate of drug-likeness (QED) is 0.851. The van der Waals surface area contributed by atoms with Gasteiger partial charge in [0.1, 0.15) is 12.7 Å². The van der Waals surface area contributed by atoms with Crippen molar-refractivity contribution < 1.29 is 9.53 Å². The fourth-order valence-corrected chi connectivity index (χ4v) is 2.72. The molecule has 0 aromatic heterocycles. The molecule has 0 radical (unpaired) electrons. The number of hydrogen-bond donors (Lipinski definition) is 0. The van der Waals surface area contributed by atoms with E-state index in [1.807, 2.05) is 59.5 Å². The fourth-order valence-electron chi connectivity index (χ4n) is 2.45. The lowest BCUT2D eigenvalue weighted by molar-refractivity contribution is -0.150. The Morgan fingerprint density at radius 3 is 2.52 bits per heavy atom.